The van der Waals surface area contributed by atoms with E-state index in [9.17, 15) is 0 Å². The molecule has 0 aromatic heterocycles. The minimum Gasteiger partial charge on any atom is -0.0797 e. The van der Waals surface area contributed by atoms with Crippen molar-refractivity contribution in [2.75, 3.05) is 0 Å². The summed E-state index contributed by atoms with van der Waals surface area (Å²) in [6.45, 7) is 2.26. The fourth-order valence-corrected chi connectivity index (χ4v) is 2.36. The summed E-state index contributed by atoms with van der Waals surface area (Å²) < 4.78 is 0. The molecule has 1 aromatic rings. The number of hydrogen-bond acceptors (Lipinski definition) is 0. The summed E-state index contributed by atoms with van der Waals surface area (Å²) in [6.07, 6.45) is 4.54. The van der Waals surface area contributed by atoms with Crippen molar-refractivity contribution >= 4 is 15.6 Å². The Morgan fingerprint density at radius 2 is 2.00 bits per heavy atom. The molecule has 0 aliphatic heterocycles. The number of rotatable bonds is 1. The van der Waals surface area contributed by atoms with Crippen molar-refractivity contribution in [3.05, 3.63) is 41.5 Å². The minimum absolute atomic E-state index is 0. The van der Waals surface area contributed by atoms with Gasteiger partial charge in [-0.2, -0.15) is 0 Å². The van der Waals surface area contributed by atoms with Gasteiger partial charge in [0, 0.05) is 9.52 Å². The number of allylic oxidation sites excluding steroid dienone is 1. The zero-order valence-corrected chi connectivity index (χ0v) is 10.5. The molecule has 0 nitrogen and oxygen atoms in total. The average molecular weight is 181 g/mol. The van der Waals surface area contributed by atoms with Crippen LogP contribution in [0.1, 0.15) is 16.7 Å². The molecule has 2 heteroatoms. The quantitative estimate of drug-likeness (QED) is 0.513. The predicted octanol–water partition coefficient (Wildman–Crippen LogP) is -0.489. The normalized spacial score (nSPS) is 18.6. The van der Waals surface area contributed by atoms with Gasteiger partial charge in [0.2, 0.25) is 0 Å². The first kappa shape index (κ1) is 10.3. The summed E-state index contributed by atoms with van der Waals surface area (Å²) in [6, 6.07) is 8.64. The van der Waals surface area contributed by atoms with Crippen molar-refractivity contribution in [2.45, 2.75) is 12.1 Å². The van der Waals surface area contributed by atoms with Gasteiger partial charge in [-0.1, -0.05) is 43.0 Å². The van der Waals surface area contributed by atoms with E-state index in [1.165, 1.54) is 11.1 Å². The average Bonchev–Trinajstić information content (AvgIpc) is 2.47. The molecule has 12 heavy (non-hydrogen) atoms. The second-order valence-electron chi connectivity index (χ2n) is 2.75. The molecule has 0 saturated carbocycles. The molecule has 1 aliphatic rings. The molecule has 0 spiro atoms. The van der Waals surface area contributed by atoms with Crippen molar-refractivity contribution in [3.63, 3.8) is 0 Å². The van der Waals surface area contributed by atoms with E-state index in [-0.39, 0.29) is 29.6 Å². The van der Waals surface area contributed by atoms with Crippen LogP contribution in [0.4, 0.5) is 0 Å². The van der Waals surface area contributed by atoms with Crippen LogP contribution in [0.3, 0.4) is 0 Å². The zero-order chi connectivity index (χ0) is 7.68. The Bertz CT molecular complexity index is 294. The standard InChI is InChI=1S/C10H10Si.Na/c1-11-10-7-6-8-4-2-3-5-9(8)10;/h2-7,10H,1H3;/q;+1. The molecule has 0 amide bonds. The monoisotopic (exact) mass is 181 g/mol. The summed E-state index contributed by atoms with van der Waals surface area (Å²) in [7, 11) is 0.992. The first-order chi connectivity index (χ1) is 5.42. The van der Waals surface area contributed by atoms with E-state index >= 15 is 0 Å². The van der Waals surface area contributed by atoms with Gasteiger partial charge in [0.15, 0.2) is 0 Å². The van der Waals surface area contributed by atoms with Crippen molar-refractivity contribution in [3.8, 4) is 0 Å². The van der Waals surface area contributed by atoms with Crippen molar-refractivity contribution in [1.82, 2.24) is 0 Å². The Balaban J connectivity index is 0.000000720. The van der Waals surface area contributed by atoms with Gasteiger partial charge < -0.3 is 0 Å². The molecule has 54 valence electrons. The largest absolute Gasteiger partial charge is 1.00 e. The Labute approximate surface area is 98.2 Å². The van der Waals surface area contributed by atoms with Crippen LogP contribution >= 0.6 is 0 Å². The molecular formula is C10H10NaSi+. The first-order valence-electron chi connectivity index (χ1n) is 3.86. The fourth-order valence-electron chi connectivity index (χ4n) is 1.50. The molecule has 1 aliphatic carbocycles. The molecule has 0 saturated heterocycles. The van der Waals surface area contributed by atoms with Crippen LogP contribution in [0.15, 0.2) is 30.3 Å². The van der Waals surface area contributed by atoms with E-state index in [1.807, 2.05) is 0 Å². The van der Waals surface area contributed by atoms with Crippen LogP contribution < -0.4 is 29.6 Å². The van der Waals surface area contributed by atoms with Gasteiger partial charge in [-0.05, 0) is 16.7 Å². The molecule has 1 aromatic carbocycles. The van der Waals surface area contributed by atoms with Gasteiger partial charge >= 0.3 is 29.6 Å². The molecule has 1 unspecified atom stereocenters. The second kappa shape index (κ2) is 4.42. The third-order valence-corrected chi connectivity index (χ3v) is 3.24. The summed E-state index contributed by atoms with van der Waals surface area (Å²) >= 11 is 0. The molecule has 0 fully saturated rings. The molecule has 2 radical (unpaired) electrons. The van der Waals surface area contributed by atoms with Crippen LogP contribution in [0.5, 0.6) is 0 Å². The van der Waals surface area contributed by atoms with E-state index in [1.54, 1.807) is 0 Å². The van der Waals surface area contributed by atoms with Crippen LogP contribution in [0.2, 0.25) is 6.55 Å². The topological polar surface area (TPSA) is 0 Å². The summed E-state index contributed by atoms with van der Waals surface area (Å²) in [5.41, 5.74) is 3.62. The first-order valence-corrected chi connectivity index (χ1v) is 5.44. The van der Waals surface area contributed by atoms with Gasteiger partial charge in [-0.25, -0.2) is 0 Å². The van der Waals surface area contributed by atoms with E-state index < -0.39 is 0 Å². The van der Waals surface area contributed by atoms with Gasteiger partial charge in [0.1, 0.15) is 0 Å². The van der Waals surface area contributed by atoms with Gasteiger partial charge in [-0.15, -0.1) is 0 Å². The molecular weight excluding hydrogens is 171 g/mol. The summed E-state index contributed by atoms with van der Waals surface area (Å²) in [5.74, 6) is 0. The Kier molecular flexibility index (Phi) is 3.78. The summed E-state index contributed by atoms with van der Waals surface area (Å²) in [4.78, 5) is 0. The molecule has 2 rings (SSSR count). The maximum atomic E-state index is 2.31. The smallest absolute Gasteiger partial charge is 0.0797 e. The van der Waals surface area contributed by atoms with Gasteiger partial charge in [-0.3, -0.25) is 0 Å². The van der Waals surface area contributed by atoms with Crippen LogP contribution in [0.25, 0.3) is 6.08 Å². The molecule has 0 heterocycles. The Morgan fingerprint density at radius 1 is 1.25 bits per heavy atom. The van der Waals surface area contributed by atoms with Crippen molar-refractivity contribution < 1.29 is 29.6 Å². The SMILES string of the molecule is C[Si]C1C=Cc2ccccc21.[Na+]. The van der Waals surface area contributed by atoms with Crippen LogP contribution in [-0.4, -0.2) is 9.52 Å². The Hall–Kier alpha value is 0.177. The van der Waals surface area contributed by atoms with E-state index in [4.69, 9.17) is 0 Å². The van der Waals surface area contributed by atoms with Crippen molar-refractivity contribution in [1.29, 1.82) is 0 Å². The maximum Gasteiger partial charge on any atom is 1.00 e. The minimum atomic E-state index is 0. The predicted molar refractivity (Wildman–Crippen MR) is 49.8 cm³/mol. The van der Waals surface area contributed by atoms with Crippen molar-refractivity contribution in [2.24, 2.45) is 0 Å². The maximum absolute atomic E-state index is 2.31. The molecule has 0 bridgehead atoms. The fraction of sp³-hybridized carbons (Fsp3) is 0.200. The third-order valence-electron chi connectivity index (χ3n) is 2.11. The molecule has 1 atom stereocenters. The van der Waals surface area contributed by atoms with E-state index in [0.29, 0.717) is 5.54 Å². The Morgan fingerprint density at radius 3 is 2.75 bits per heavy atom. The number of hydrogen-bond donors (Lipinski definition) is 0. The zero-order valence-electron chi connectivity index (χ0n) is 7.54. The number of fused-ring (bicyclic) bond motifs is 1. The van der Waals surface area contributed by atoms with Crippen LogP contribution in [0, 0.1) is 0 Å². The third kappa shape index (κ3) is 1.74. The van der Waals surface area contributed by atoms with E-state index in [0.717, 1.165) is 9.52 Å². The van der Waals surface area contributed by atoms with Crippen LogP contribution in [-0.2, 0) is 0 Å². The second-order valence-corrected chi connectivity index (χ2v) is 3.95. The molecule has 0 N–H and O–H groups in total. The number of benzene rings is 1. The van der Waals surface area contributed by atoms with E-state index in [2.05, 4.69) is 43.0 Å². The van der Waals surface area contributed by atoms with Gasteiger partial charge in [0.05, 0.1) is 0 Å². The van der Waals surface area contributed by atoms with Gasteiger partial charge in [0.25, 0.3) is 0 Å². The summed E-state index contributed by atoms with van der Waals surface area (Å²) in [5, 5.41) is 0.